The molecule has 0 N–H and O–H groups in total. The van der Waals surface area contributed by atoms with Gasteiger partial charge in [0.25, 0.3) is 0 Å². The fourth-order valence-electron chi connectivity index (χ4n) is 2.94. The molecule has 1 aromatic rings. The average molecular weight is 308 g/mol. The highest BCUT2D eigenvalue weighted by Crippen LogP contribution is 2.29. The fourth-order valence-corrected chi connectivity index (χ4v) is 2.94. The highest BCUT2D eigenvalue weighted by Gasteiger charge is 2.28. The Labute approximate surface area is 136 Å². The highest BCUT2D eigenvalue weighted by atomic mass is 19.1. The predicted octanol–water partition coefficient (Wildman–Crippen LogP) is 6.16. The minimum absolute atomic E-state index is 0.141. The summed E-state index contributed by atoms with van der Waals surface area (Å²) in [7, 11) is 1.79. The molecule has 0 fully saturated rings. The summed E-state index contributed by atoms with van der Waals surface area (Å²) >= 11 is 0. The number of ether oxygens (including phenoxy) is 1. The molecule has 0 heterocycles. The maximum absolute atomic E-state index is 13.0. The van der Waals surface area contributed by atoms with Gasteiger partial charge in [-0.3, -0.25) is 0 Å². The van der Waals surface area contributed by atoms with Gasteiger partial charge in [-0.25, -0.2) is 4.39 Å². The summed E-state index contributed by atoms with van der Waals surface area (Å²) in [6.07, 6.45) is 10.0. The molecule has 0 aromatic heterocycles. The van der Waals surface area contributed by atoms with Gasteiger partial charge in [0.2, 0.25) is 0 Å². The minimum atomic E-state index is -0.165. The first kappa shape index (κ1) is 19.2. The molecule has 1 rings (SSSR count). The second-order valence-corrected chi connectivity index (χ2v) is 6.89. The first-order valence-corrected chi connectivity index (χ1v) is 8.79. The van der Waals surface area contributed by atoms with Crippen molar-refractivity contribution in [3.63, 3.8) is 0 Å². The molecular formula is C20H33FO. The number of hydrogen-bond donors (Lipinski definition) is 0. The molecule has 2 heteroatoms. The van der Waals surface area contributed by atoms with Gasteiger partial charge in [-0.2, -0.15) is 0 Å². The number of rotatable bonds is 11. The molecule has 0 radical (unpaired) electrons. The molecule has 0 spiro atoms. The third kappa shape index (κ3) is 6.91. The van der Waals surface area contributed by atoms with Crippen LogP contribution in [0.5, 0.6) is 0 Å². The van der Waals surface area contributed by atoms with Crippen LogP contribution in [0.4, 0.5) is 4.39 Å². The molecule has 0 saturated heterocycles. The minimum Gasteiger partial charge on any atom is -0.379 e. The number of halogens is 1. The summed E-state index contributed by atoms with van der Waals surface area (Å²) < 4.78 is 18.8. The molecule has 22 heavy (non-hydrogen) atoms. The summed E-state index contributed by atoms with van der Waals surface area (Å²) in [6.45, 7) is 6.58. The van der Waals surface area contributed by atoms with Crippen molar-refractivity contribution in [2.75, 3.05) is 7.11 Å². The molecule has 0 aliphatic rings. The van der Waals surface area contributed by atoms with Gasteiger partial charge in [-0.1, -0.05) is 57.6 Å². The summed E-state index contributed by atoms with van der Waals surface area (Å²) in [4.78, 5) is 0. The quantitative estimate of drug-likeness (QED) is 0.445. The fraction of sp³-hybridized carbons (Fsp3) is 0.700. The Morgan fingerprint density at radius 3 is 2.18 bits per heavy atom. The van der Waals surface area contributed by atoms with E-state index in [1.54, 1.807) is 19.2 Å². The van der Waals surface area contributed by atoms with Crippen LogP contribution in [0.3, 0.4) is 0 Å². The first-order chi connectivity index (χ1) is 10.5. The van der Waals surface area contributed by atoms with Crippen LogP contribution in [-0.2, 0) is 11.2 Å². The van der Waals surface area contributed by atoms with Crippen molar-refractivity contribution in [1.29, 1.82) is 0 Å². The van der Waals surface area contributed by atoms with Crippen LogP contribution in [0, 0.1) is 11.7 Å². The van der Waals surface area contributed by atoms with Crippen LogP contribution in [0.2, 0.25) is 0 Å². The number of methoxy groups -OCH3 is 1. The molecule has 0 bridgehead atoms. The third-order valence-electron chi connectivity index (χ3n) is 4.81. The molecule has 1 unspecified atom stereocenters. The maximum atomic E-state index is 13.0. The Hall–Kier alpha value is -0.890. The van der Waals surface area contributed by atoms with Gasteiger partial charge < -0.3 is 4.74 Å². The van der Waals surface area contributed by atoms with Crippen molar-refractivity contribution in [2.24, 2.45) is 5.92 Å². The van der Waals surface area contributed by atoms with Gasteiger partial charge in [0, 0.05) is 7.11 Å². The van der Waals surface area contributed by atoms with Gasteiger partial charge in [0.1, 0.15) is 5.82 Å². The van der Waals surface area contributed by atoms with Crippen LogP contribution < -0.4 is 0 Å². The SMILES string of the molecule is CCCCCCCCC(Cc1ccc(F)cc1)C(C)(C)OC. The lowest BCUT2D eigenvalue weighted by Crippen LogP contribution is -2.34. The van der Waals surface area contributed by atoms with E-state index in [4.69, 9.17) is 4.74 Å². The zero-order valence-corrected chi connectivity index (χ0v) is 14.8. The normalized spacial score (nSPS) is 13.3. The molecule has 1 aromatic carbocycles. The van der Waals surface area contributed by atoms with Gasteiger partial charge >= 0.3 is 0 Å². The monoisotopic (exact) mass is 308 g/mol. The van der Waals surface area contributed by atoms with E-state index >= 15 is 0 Å². The second-order valence-electron chi connectivity index (χ2n) is 6.89. The van der Waals surface area contributed by atoms with Crippen LogP contribution in [-0.4, -0.2) is 12.7 Å². The standard InChI is InChI=1S/C20H33FO/c1-5-6-7-8-9-10-11-18(20(2,3)22-4)16-17-12-14-19(21)15-13-17/h12-15,18H,5-11,16H2,1-4H3. The van der Waals surface area contributed by atoms with E-state index in [0.717, 1.165) is 6.42 Å². The lowest BCUT2D eigenvalue weighted by Gasteiger charge is -2.33. The van der Waals surface area contributed by atoms with E-state index in [0.29, 0.717) is 5.92 Å². The number of hydrogen-bond acceptors (Lipinski definition) is 1. The maximum Gasteiger partial charge on any atom is 0.123 e. The van der Waals surface area contributed by atoms with Crippen molar-refractivity contribution in [3.8, 4) is 0 Å². The van der Waals surface area contributed by atoms with E-state index in [2.05, 4.69) is 20.8 Å². The van der Waals surface area contributed by atoms with Gasteiger partial charge in [-0.05, 0) is 50.3 Å². The molecule has 0 amide bonds. The topological polar surface area (TPSA) is 9.23 Å². The third-order valence-corrected chi connectivity index (χ3v) is 4.81. The Morgan fingerprint density at radius 2 is 1.59 bits per heavy atom. The van der Waals surface area contributed by atoms with Gasteiger partial charge in [0.15, 0.2) is 0 Å². The molecular weight excluding hydrogens is 275 g/mol. The lowest BCUT2D eigenvalue weighted by atomic mass is 9.81. The van der Waals surface area contributed by atoms with Crippen molar-refractivity contribution in [1.82, 2.24) is 0 Å². The summed E-state index contributed by atoms with van der Waals surface area (Å²) in [6, 6.07) is 6.90. The van der Waals surface area contributed by atoms with Crippen molar-refractivity contribution >= 4 is 0 Å². The Balaban J connectivity index is 2.51. The second kappa shape index (κ2) is 9.99. The summed E-state index contributed by atoms with van der Waals surface area (Å²) in [5.74, 6) is 0.302. The average Bonchev–Trinajstić information content (AvgIpc) is 2.51. The molecule has 1 atom stereocenters. The van der Waals surface area contributed by atoms with E-state index in [9.17, 15) is 4.39 Å². The highest BCUT2D eigenvalue weighted by molar-refractivity contribution is 5.17. The van der Waals surface area contributed by atoms with Crippen molar-refractivity contribution < 1.29 is 9.13 Å². The van der Waals surface area contributed by atoms with Gasteiger partial charge in [0.05, 0.1) is 5.60 Å². The van der Waals surface area contributed by atoms with Crippen LogP contribution in [0.1, 0.15) is 71.3 Å². The van der Waals surface area contributed by atoms with Crippen molar-refractivity contribution in [3.05, 3.63) is 35.6 Å². The molecule has 0 saturated carbocycles. The predicted molar refractivity (Wildman–Crippen MR) is 92.7 cm³/mol. The summed E-state index contributed by atoms with van der Waals surface area (Å²) in [5, 5.41) is 0. The zero-order chi connectivity index (χ0) is 16.4. The number of benzene rings is 1. The van der Waals surface area contributed by atoms with Crippen LogP contribution >= 0.6 is 0 Å². The molecule has 0 aliphatic carbocycles. The van der Waals surface area contributed by atoms with Crippen molar-refractivity contribution in [2.45, 2.75) is 77.7 Å². The largest absolute Gasteiger partial charge is 0.379 e. The number of unbranched alkanes of at least 4 members (excludes halogenated alkanes) is 5. The zero-order valence-electron chi connectivity index (χ0n) is 14.8. The summed E-state index contributed by atoms with van der Waals surface area (Å²) in [5.41, 5.74) is 1.06. The molecule has 126 valence electrons. The smallest absolute Gasteiger partial charge is 0.123 e. The van der Waals surface area contributed by atoms with E-state index in [1.165, 1.54) is 50.5 Å². The van der Waals surface area contributed by atoms with E-state index < -0.39 is 0 Å². The Kier molecular flexibility index (Phi) is 8.70. The Bertz CT molecular complexity index is 397. The molecule has 0 aliphatic heterocycles. The molecule has 1 nitrogen and oxygen atoms in total. The van der Waals surface area contributed by atoms with Gasteiger partial charge in [-0.15, -0.1) is 0 Å². The first-order valence-electron chi connectivity index (χ1n) is 8.79. The van der Waals surface area contributed by atoms with Crippen LogP contribution in [0.15, 0.2) is 24.3 Å². The Morgan fingerprint density at radius 1 is 1.00 bits per heavy atom. The van der Waals surface area contributed by atoms with E-state index in [-0.39, 0.29) is 11.4 Å². The lowest BCUT2D eigenvalue weighted by molar-refractivity contribution is -0.0315. The van der Waals surface area contributed by atoms with E-state index in [1.807, 2.05) is 12.1 Å². The van der Waals surface area contributed by atoms with Crippen LogP contribution in [0.25, 0.3) is 0 Å².